The maximum atomic E-state index is 11.9. The van der Waals surface area contributed by atoms with Gasteiger partial charge in [0.15, 0.2) is 0 Å². The number of alkyl halides is 2. The van der Waals surface area contributed by atoms with Gasteiger partial charge in [0.05, 0.1) is 10.6 Å². The average Bonchev–Trinajstić information content (AvgIpc) is 2.13. The first-order chi connectivity index (χ1) is 6.91. The maximum Gasteiger partial charge on any atom is 0.247 e. The van der Waals surface area contributed by atoms with Crippen LogP contribution in [0.15, 0.2) is 34.1 Å². The standard InChI is InChI=1S/C8H9F2NO2S2/c9-8(10)5-14-6-3-1-2-4-7(6)15(11,12)13/h1-4,8H,5H2,(H2,11,12,13). The molecule has 0 heterocycles. The van der Waals surface area contributed by atoms with E-state index in [0.717, 1.165) is 11.8 Å². The quantitative estimate of drug-likeness (QED) is 0.831. The second-order valence-electron chi connectivity index (χ2n) is 2.69. The number of sulfonamides is 1. The highest BCUT2D eigenvalue weighted by atomic mass is 32.2. The van der Waals surface area contributed by atoms with Gasteiger partial charge in [-0.15, -0.1) is 11.8 Å². The molecule has 0 aliphatic carbocycles. The molecule has 0 radical (unpaired) electrons. The van der Waals surface area contributed by atoms with Gasteiger partial charge in [-0.25, -0.2) is 22.3 Å². The molecule has 1 aromatic rings. The number of hydrogen-bond donors (Lipinski definition) is 1. The van der Waals surface area contributed by atoms with Crippen molar-refractivity contribution in [3.63, 3.8) is 0 Å². The molecule has 0 amide bonds. The topological polar surface area (TPSA) is 60.2 Å². The van der Waals surface area contributed by atoms with Gasteiger partial charge in [-0.2, -0.15) is 0 Å². The molecule has 1 rings (SSSR count). The lowest BCUT2D eigenvalue weighted by Gasteiger charge is -2.06. The molecule has 1 aromatic carbocycles. The summed E-state index contributed by atoms with van der Waals surface area (Å²) in [5.41, 5.74) is 0. The SMILES string of the molecule is NS(=O)(=O)c1ccccc1SCC(F)F. The predicted molar refractivity (Wildman–Crippen MR) is 54.5 cm³/mol. The molecule has 0 aliphatic heterocycles. The molecular formula is C8H9F2NO2S2. The Morgan fingerprint density at radius 2 is 1.93 bits per heavy atom. The van der Waals surface area contributed by atoms with Crippen LogP contribution in [0.1, 0.15) is 0 Å². The Bertz CT molecular complexity index is 434. The summed E-state index contributed by atoms with van der Waals surface area (Å²) in [4.78, 5) is 0.135. The van der Waals surface area contributed by atoms with Crippen LogP contribution in [0.4, 0.5) is 8.78 Å². The van der Waals surface area contributed by atoms with Crippen molar-refractivity contribution in [3.05, 3.63) is 24.3 Å². The van der Waals surface area contributed by atoms with Gasteiger partial charge >= 0.3 is 0 Å². The van der Waals surface area contributed by atoms with Crippen molar-refractivity contribution in [1.29, 1.82) is 0 Å². The van der Waals surface area contributed by atoms with E-state index in [0.29, 0.717) is 0 Å². The third-order valence-corrected chi connectivity index (χ3v) is 3.70. The fraction of sp³-hybridized carbons (Fsp3) is 0.250. The van der Waals surface area contributed by atoms with Gasteiger partial charge in [-0.3, -0.25) is 0 Å². The van der Waals surface area contributed by atoms with Crippen LogP contribution in [0.25, 0.3) is 0 Å². The van der Waals surface area contributed by atoms with E-state index in [1.807, 2.05) is 0 Å². The Hall–Kier alpha value is -0.660. The molecule has 84 valence electrons. The van der Waals surface area contributed by atoms with Crippen molar-refractivity contribution in [2.75, 3.05) is 5.75 Å². The van der Waals surface area contributed by atoms with Crippen LogP contribution in [0, 0.1) is 0 Å². The molecule has 0 saturated carbocycles. The van der Waals surface area contributed by atoms with Gasteiger partial charge in [0.1, 0.15) is 0 Å². The molecule has 2 N–H and O–H groups in total. The lowest BCUT2D eigenvalue weighted by molar-refractivity contribution is 0.177. The van der Waals surface area contributed by atoms with Crippen LogP contribution in [-0.4, -0.2) is 20.6 Å². The van der Waals surface area contributed by atoms with Crippen LogP contribution >= 0.6 is 11.8 Å². The van der Waals surface area contributed by atoms with Gasteiger partial charge < -0.3 is 0 Å². The number of nitrogens with two attached hydrogens (primary N) is 1. The third kappa shape index (κ3) is 3.77. The summed E-state index contributed by atoms with van der Waals surface area (Å²) in [7, 11) is -3.85. The summed E-state index contributed by atoms with van der Waals surface area (Å²) in [5.74, 6) is -0.452. The van der Waals surface area contributed by atoms with E-state index < -0.39 is 22.2 Å². The van der Waals surface area contributed by atoms with E-state index in [9.17, 15) is 17.2 Å². The zero-order chi connectivity index (χ0) is 11.5. The minimum absolute atomic E-state index is 0.115. The first-order valence-electron chi connectivity index (χ1n) is 3.94. The van der Waals surface area contributed by atoms with Crippen molar-refractivity contribution in [1.82, 2.24) is 0 Å². The summed E-state index contributed by atoms with van der Waals surface area (Å²) in [6.07, 6.45) is -2.48. The van der Waals surface area contributed by atoms with Crippen molar-refractivity contribution >= 4 is 21.8 Å². The molecule has 7 heteroatoms. The minimum atomic E-state index is -3.85. The highest BCUT2D eigenvalue weighted by Crippen LogP contribution is 2.26. The van der Waals surface area contributed by atoms with Gasteiger partial charge in [0.2, 0.25) is 16.4 Å². The predicted octanol–water partition coefficient (Wildman–Crippen LogP) is 1.69. The second kappa shape index (κ2) is 4.91. The fourth-order valence-electron chi connectivity index (χ4n) is 0.957. The summed E-state index contributed by atoms with van der Waals surface area (Å²) in [6.45, 7) is 0. The number of thioether (sulfide) groups is 1. The number of halogens is 2. The Morgan fingerprint density at radius 3 is 2.47 bits per heavy atom. The summed E-state index contributed by atoms with van der Waals surface area (Å²) < 4.78 is 46.0. The lowest BCUT2D eigenvalue weighted by Crippen LogP contribution is -2.13. The van der Waals surface area contributed by atoms with Crippen LogP contribution in [0.3, 0.4) is 0 Å². The fourth-order valence-corrected chi connectivity index (χ4v) is 2.79. The van der Waals surface area contributed by atoms with Crippen LogP contribution in [0.2, 0.25) is 0 Å². The van der Waals surface area contributed by atoms with Crippen molar-refractivity contribution in [3.8, 4) is 0 Å². The van der Waals surface area contributed by atoms with E-state index >= 15 is 0 Å². The van der Waals surface area contributed by atoms with E-state index in [-0.39, 0.29) is 9.79 Å². The first kappa shape index (κ1) is 12.4. The average molecular weight is 253 g/mol. The highest BCUT2D eigenvalue weighted by molar-refractivity contribution is 8.00. The Balaban J connectivity index is 2.98. The zero-order valence-electron chi connectivity index (χ0n) is 7.56. The number of hydrogen-bond acceptors (Lipinski definition) is 3. The van der Waals surface area contributed by atoms with E-state index in [1.165, 1.54) is 18.2 Å². The molecule has 0 fully saturated rings. The van der Waals surface area contributed by atoms with E-state index in [2.05, 4.69) is 0 Å². The Labute approximate surface area is 90.7 Å². The molecule has 0 atom stereocenters. The van der Waals surface area contributed by atoms with Crippen LogP contribution in [0.5, 0.6) is 0 Å². The molecule has 0 saturated heterocycles. The zero-order valence-corrected chi connectivity index (χ0v) is 9.19. The van der Waals surface area contributed by atoms with E-state index in [4.69, 9.17) is 5.14 Å². The maximum absolute atomic E-state index is 11.9. The minimum Gasteiger partial charge on any atom is -0.225 e. The summed E-state index contributed by atoms with van der Waals surface area (Å²) in [5, 5.41) is 4.94. The van der Waals surface area contributed by atoms with E-state index in [1.54, 1.807) is 6.07 Å². The summed E-state index contributed by atoms with van der Waals surface area (Å²) in [6, 6.07) is 5.81. The monoisotopic (exact) mass is 253 g/mol. The molecule has 0 unspecified atom stereocenters. The molecular weight excluding hydrogens is 244 g/mol. The van der Waals surface area contributed by atoms with Crippen molar-refractivity contribution in [2.24, 2.45) is 5.14 Å². The third-order valence-electron chi connectivity index (χ3n) is 1.52. The number of primary sulfonamides is 1. The Morgan fingerprint density at radius 1 is 1.33 bits per heavy atom. The molecule has 0 aliphatic rings. The number of rotatable bonds is 4. The molecule has 0 bridgehead atoms. The van der Waals surface area contributed by atoms with Crippen LogP contribution < -0.4 is 5.14 Å². The van der Waals surface area contributed by atoms with Gasteiger partial charge in [0.25, 0.3) is 0 Å². The van der Waals surface area contributed by atoms with Crippen molar-refractivity contribution < 1.29 is 17.2 Å². The smallest absolute Gasteiger partial charge is 0.225 e. The van der Waals surface area contributed by atoms with Gasteiger partial charge in [0, 0.05) is 4.90 Å². The molecule has 15 heavy (non-hydrogen) atoms. The molecule has 0 aromatic heterocycles. The molecule has 3 nitrogen and oxygen atoms in total. The second-order valence-corrected chi connectivity index (χ2v) is 5.29. The van der Waals surface area contributed by atoms with Gasteiger partial charge in [-0.05, 0) is 12.1 Å². The molecule has 0 spiro atoms. The largest absolute Gasteiger partial charge is 0.247 e. The number of benzene rings is 1. The normalized spacial score (nSPS) is 12.0. The van der Waals surface area contributed by atoms with Crippen LogP contribution in [-0.2, 0) is 10.0 Å². The van der Waals surface area contributed by atoms with Crippen molar-refractivity contribution in [2.45, 2.75) is 16.2 Å². The first-order valence-corrected chi connectivity index (χ1v) is 6.47. The van der Waals surface area contributed by atoms with Gasteiger partial charge in [-0.1, -0.05) is 12.1 Å². The summed E-state index contributed by atoms with van der Waals surface area (Å²) >= 11 is 0.773. The lowest BCUT2D eigenvalue weighted by atomic mass is 10.4. The Kier molecular flexibility index (Phi) is 4.06. The highest BCUT2D eigenvalue weighted by Gasteiger charge is 2.14.